The molecular formula is C10H13F3N2OS. The van der Waals surface area contributed by atoms with Crippen LogP contribution in [0.1, 0.15) is 22.7 Å². The Morgan fingerprint density at radius 3 is 2.59 bits per heavy atom. The van der Waals surface area contributed by atoms with E-state index in [1.165, 1.54) is 0 Å². The number of aliphatic hydroxyl groups is 1. The lowest BCUT2D eigenvalue weighted by molar-refractivity contribution is -0.134. The van der Waals surface area contributed by atoms with Gasteiger partial charge in [-0.25, -0.2) is 4.98 Å². The maximum absolute atomic E-state index is 12.4. The molecule has 1 aromatic rings. The van der Waals surface area contributed by atoms with Gasteiger partial charge in [-0.15, -0.1) is 11.3 Å². The SMILES string of the molecule is OC1CCN(Cc2ncc(C(F)(F)F)s2)CC1. The Morgan fingerprint density at radius 1 is 1.41 bits per heavy atom. The average Bonchev–Trinajstić information content (AvgIpc) is 2.69. The third-order valence-corrected chi connectivity index (χ3v) is 3.78. The minimum atomic E-state index is -4.30. The molecule has 0 atom stereocenters. The zero-order chi connectivity index (χ0) is 12.5. The molecule has 3 nitrogen and oxygen atoms in total. The van der Waals surface area contributed by atoms with Crippen molar-refractivity contribution in [2.45, 2.75) is 31.7 Å². The molecule has 2 heterocycles. The predicted molar refractivity (Wildman–Crippen MR) is 57.6 cm³/mol. The molecule has 0 radical (unpaired) electrons. The van der Waals surface area contributed by atoms with E-state index in [2.05, 4.69) is 4.98 Å². The van der Waals surface area contributed by atoms with E-state index in [0.717, 1.165) is 6.20 Å². The van der Waals surface area contributed by atoms with Crippen LogP contribution in [-0.2, 0) is 12.7 Å². The molecule has 96 valence electrons. The van der Waals surface area contributed by atoms with Gasteiger partial charge in [0, 0.05) is 13.1 Å². The van der Waals surface area contributed by atoms with Crippen LogP contribution in [0.2, 0.25) is 0 Å². The smallest absolute Gasteiger partial charge is 0.393 e. The number of likely N-dealkylation sites (tertiary alicyclic amines) is 1. The molecule has 0 unspecified atom stereocenters. The van der Waals surface area contributed by atoms with E-state index in [0.29, 0.717) is 48.8 Å². The first-order valence-corrected chi connectivity index (χ1v) is 6.19. The van der Waals surface area contributed by atoms with E-state index >= 15 is 0 Å². The highest BCUT2D eigenvalue weighted by Gasteiger charge is 2.33. The van der Waals surface area contributed by atoms with Crippen LogP contribution in [0.3, 0.4) is 0 Å². The van der Waals surface area contributed by atoms with Gasteiger partial charge in [-0.1, -0.05) is 0 Å². The van der Waals surface area contributed by atoms with Gasteiger partial charge in [0.1, 0.15) is 9.88 Å². The number of nitrogens with zero attached hydrogens (tertiary/aromatic N) is 2. The topological polar surface area (TPSA) is 36.4 Å². The van der Waals surface area contributed by atoms with Crippen molar-refractivity contribution in [3.8, 4) is 0 Å². The molecule has 17 heavy (non-hydrogen) atoms. The van der Waals surface area contributed by atoms with E-state index in [1.54, 1.807) is 0 Å². The molecule has 0 saturated carbocycles. The van der Waals surface area contributed by atoms with Crippen molar-refractivity contribution in [1.29, 1.82) is 0 Å². The zero-order valence-corrected chi connectivity index (χ0v) is 9.89. The zero-order valence-electron chi connectivity index (χ0n) is 9.07. The second-order valence-electron chi connectivity index (χ2n) is 4.12. The van der Waals surface area contributed by atoms with Crippen LogP contribution >= 0.6 is 11.3 Å². The summed E-state index contributed by atoms with van der Waals surface area (Å²) in [5, 5.41) is 9.80. The van der Waals surface area contributed by atoms with Gasteiger partial charge in [-0.05, 0) is 12.8 Å². The molecule has 0 aromatic carbocycles. The molecule has 0 amide bonds. The fraction of sp³-hybridized carbons (Fsp3) is 0.700. The number of hydrogen-bond acceptors (Lipinski definition) is 4. The monoisotopic (exact) mass is 266 g/mol. The first-order chi connectivity index (χ1) is 7.95. The minimum absolute atomic E-state index is 0.270. The highest BCUT2D eigenvalue weighted by atomic mass is 32.1. The summed E-state index contributed by atoms with van der Waals surface area (Å²) in [7, 11) is 0. The van der Waals surface area contributed by atoms with Crippen molar-refractivity contribution >= 4 is 11.3 Å². The summed E-state index contributed by atoms with van der Waals surface area (Å²) in [6.45, 7) is 1.86. The van der Waals surface area contributed by atoms with Gasteiger partial charge in [0.15, 0.2) is 0 Å². The Morgan fingerprint density at radius 2 is 2.06 bits per heavy atom. The molecule has 1 aliphatic heterocycles. The van der Waals surface area contributed by atoms with E-state index in [4.69, 9.17) is 0 Å². The quantitative estimate of drug-likeness (QED) is 0.890. The van der Waals surface area contributed by atoms with Crippen LogP contribution < -0.4 is 0 Å². The number of alkyl halides is 3. The van der Waals surface area contributed by atoms with Crippen molar-refractivity contribution in [2.75, 3.05) is 13.1 Å². The highest BCUT2D eigenvalue weighted by molar-refractivity contribution is 7.11. The molecule has 1 N–H and O–H groups in total. The molecular weight excluding hydrogens is 253 g/mol. The summed E-state index contributed by atoms with van der Waals surface area (Å²) < 4.78 is 37.1. The highest BCUT2D eigenvalue weighted by Crippen LogP contribution is 2.33. The van der Waals surface area contributed by atoms with Crippen molar-refractivity contribution in [2.24, 2.45) is 0 Å². The Labute approximate surface area is 101 Å². The summed E-state index contributed by atoms with van der Waals surface area (Å²) in [5.41, 5.74) is 0. The first-order valence-electron chi connectivity index (χ1n) is 5.37. The summed E-state index contributed by atoms with van der Waals surface area (Å²) >= 11 is 0.694. The molecule has 1 aromatic heterocycles. The number of aliphatic hydroxyl groups excluding tert-OH is 1. The molecule has 0 aliphatic carbocycles. The summed E-state index contributed by atoms with van der Waals surface area (Å²) in [4.78, 5) is 5.16. The number of thiazole rings is 1. The van der Waals surface area contributed by atoms with E-state index in [9.17, 15) is 18.3 Å². The minimum Gasteiger partial charge on any atom is -0.393 e. The van der Waals surface area contributed by atoms with Gasteiger partial charge < -0.3 is 5.11 Å². The molecule has 7 heteroatoms. The second kappa shape index (κ2) is 4.91. The van der Waals surface area contributed by atoms with Gasteiger partial charge in [-0.3, -0.25) is 4.90 Å². The van der Waals surface area contributed by atoms with Crippen LogP contribution in [0.4, 0.5) is 13.2 Å². The molecule has 1 aliphatic rings. The van der Waals surface area contributed by atoms with Crippen molar-refractivity contribution in [3.05, 3.63) is 16.1 Å². The molecule has 1 fully saturated rings. The van der Waals surface area contributed by atoms with E-state index in [1.807, 2.05) is 4.90 Å². The average molecular weight is 266 g/mol. The fourth-order valence-corrected chi connectivity index (χ4v) is 2.61. The lowest BCUT2D eigenvalue weighted by Crippen LogP contribution is -2.35. The summed E-state index contributed by atoms with van der Waals surface area (Å²) in [6, 6.07) is 0. The second-order valence-corrected chi connectivity index (χ2v) is 5.24. The van der Waals surface area contributed by atoms with Crippen LogP contribution in [0.5, 0.6) is 0 Å². The van der Waals surface area contributed by atoms with Gasteiger partial charge >= 0.3 is 6.18 Å². The molecule has 1 saturated heterocycles. The number of halogens is 3. The lowest BCUT2D eigenvalue weighted by atomic mass is 10.1. The number of rotatable bonds is 2. The molecule has 2 rings (SSSR count). The third kappa shape index (κ3) is 3.40. The summed E-state index contributed by atoms with van der Waals surface area (Å²) in [6.07, 6.45) is -2.32. The lowest BCUT2D eigenvalue weighted by Gasteiger charge is -2.28. The first kappa shape index (κ1) is 12.8. The Balaban J connectivity index is 1.93. The van der Waals surface area contributed by atoms with Gasteiger partial charge in [0.2, 0.25) is 0 Å². The van der Waals surface area contributed by atoms with E-state index in [-0.39, 0.29) is 6.10 Å². The van der Waals surface area contributed by atoms with Crippen LogP contribution in [-0.4, -0.2) is 34.2 Å². The Kier molecular flexibility index (Phi) is 3.70. The number of aromatic nitrogens is 1. The number of piperidine rings is 1. The van der Waals surface area contributed by atoms with Gasteiger partial charge in [-0.2, -0.15) is 13.2 Å². The maximum Gasteiger partial charge on any atom is 0.427 e. The fourth-order valence-electron chi connectivity index (χ4n) is 1.78. The summed E-state index contributed by atoms with van der Waals surface area (Å²) in [5.74, 6) is 0. The largest absolute Gasteiger partial charge is 0.427 e. The van der Waals surface area contributed by atoms with Crippen molar-refractivity contribution in [1.82, 2.24) is 9.88 Å². The Hall–Kier alpha value is -0.660. The van der Waals surface area contributed by atoms with Crippen LogP contribution in [0.15, 0.2) is 6.20 Å². The molecule has 0 bridgehead atoms. The number of hydrogen-bond donors (Lipinski definition) is 1. The van der Waals surface area contributed by atoms with Crippen molar-refractivity contribution in [3.63, 3.8) is 0 Å². The van der Waals surface area contributed by atoms with Crippen molar-refractivity contribution < 1.29 is 18.3 Å². The van der Waals surface area contributed by atoms with Gasteiger partial charge in [0.05, 0.1) is 18.8 Å². The van der Waals surface area contributed by atoms with Crippen LogP contribution in [0, 0.1) is 0 Å². The normalized spacial score (nSPS) is 19.8. The van der Waals surface area contributed by atoms with Gasteiger partial charge in [0.25, 0.3) is 0 Å². The molecule has 0 spiro atoms. The third-order valence-electron chi connectivity index (χ3n) is 2.75. The van der Waals surface area contributed by atoms with Crippen LogP contribution in [0.25, 0.3) is 0 Å². The standard InChI is InChI=1S/C10H13F3N2OS/c11-10(12,13)8-5-14-9(17-8)6-15-3-1-7(16)2-4-15/h5,7,16H,1-4,6H2. The van der Waals surface area contributed by atoms with E-state index < -0.39 is 11.1 Å². The predicted octanol–water partition coefficient (Wildman–Crippen LogP) is 2.12. The maximum atomic E-state index is 12.4. The Bertz CT molecular complexity index is 372.